The van der Waals surface area contributed by atoms with Crippen LogP contribution in [0.3, 0.4) is 0 Å². The Morgan fingerprint density at radius 1 is 1.33 bits per heavy atom. The zero-order valence-corrected chi connectivity index (χ0v) is 15.2. The van der Waals surface area contributed by atoms with Gasteiger partial charge in [0.2, 0.25) is 0 Å². The van der Waals surface area contributed by atoms with Crippen molar-refractivity contribution in [2.75, 3.05) is 19.6 Å². The molecule has 2 rings (SSSR count). The molecule has 1 aromatic heterocycles. The van der Waals surface area contributed by atoms with E-state index in [4.69, 9.17) is 0 Å². The molecule has 1 aromatic rings. The van der Waals surface area contributed by atoms with E-state index in [0.29, 0.717) is 17.0 Å². The zero-order chi connectivity index (χ0) is 15.5. The topological polar surface area (TPSA) is 15.3 Å². The molecule has 1 N–H and O–H groups in total. The molecular weight excluding hydrogens is 276 g/mol. The lowest BCUT2D eigenvalue weighted by Crippen LogP contribution is -2.66. The zero-order valence-electron chi connectivity index (χ0n) is 14.4. The van der Waals surface area contributed by atoms with Crippen LogP contribution in [-0.4, -0.2) is 36.1 Å². The third-order valence-electron chi connectivity index (χ3n) is 5.20. The number of rotatable bonds is 5. The standard InChI is InChI=1S/C18H32N2S/c1-6-18(7-2)14-20(11-10-15-9-8-12-21-15)16(13-19-18)17(3,4)5/h8-9,12,16,19H,6-7,10-11,13-14H2,1-5H3. The van der Waals surface area contributed by atoms with Gasteiger partial charge in [-0.2, -0.15) is 0 Å². The molecule has 1 aliphatic heterocycles. The first-order chi connectivity index (χ1) is 9.90. The van der Waals surface area contributed by atoms with Crippen molar-refractivity contribution >= 4 is 11.3 Å². The smallest absolute Gasteiger partial charge is 0.0304 e. The van der Waals surface area contributed by atoms with Crippen molar-refractivity contribution in [1.29, 1.82) is 0 Å². The van der Waals surface area contributed by atoms with Crippen molar-refractivity contribution in [3.63, 3.8) is 0 Å². The van der Waals surface area contributed by atoms with Gasteiger partial charge in [0.1, 0.15) is 0 Å². The maximum Gasteiger partial charge on any atom is 0.0304 e. The molecule has 21 heavy (non-hydrogen) atoms. The SMILES string of the molecule is CCC1(CC)CN(CCc2cccs2)C(C(C)(C)C)CN1. The predicted molar refractivity (Wildman–Crippen MR) is 94.2 cm³/mol. The van der Waals surface area contributed by atoms with Crippen molar-refractivity contribution in [2.24, 2.45) is 5.41 Å². The van der Waals surface area contributed by atoms with Crippen LogP contribution >= 0.6 is 11.3 Å². The Hall–Kier alpha value is -0.380. The fourth-order valence-corrected chi connectivity index (χ4v) is 4.22. The summed E-state index contributed by atoms with van der Waals surface area (Å²) in [5, 5.41) is 6.06. The first-order valence-corrected chi connectivity index (χ1v) is 9.29. The summed E-state index contributed by atoms with van der Waals surface area (Å²) in [6, 6.07) is 5.07. The maximum absolute atomic E-state index is 3.87. The van der Waals surface area contributed by atoms with Crippen LogP contribution in [0.5, 0.6) is 0 Å². The van der Waals surface area contributed by atoms with Gasteiger partial charge in [-0.1, -0.05) is 40.7 Å². The second-order valence-corrected chi connectivity index (χ2v) is 8.58. The molecular formula is C18H32N2S. The summed E-state index contributed by atoms with van der Waals surface area (Å²) in [5.41, 5.74) is 0.646. The lowest BCUT2D eigenvalue weighted by molar-refractivity contribution is 0.0198. The fourth-order valence-electron chi connectivity index (χ4n) is 3.52. The Kier molecular flexibility index (Phi) is 5.50. The summed E-state index contributed by atoms with van der Waals surface area (Å²) < 4.78 is 0. The van der Waals surface area contributed by atoms with E-state index in [-0.39, 0.29) is 0 Å². The van der Waals surface area contributed by atoms with Gasteiger partial charge in [0.05, 0.1) is 0 Å². The van der Waals surface area contributed by atoms with Crippen LogP contribution in [0.1, 0.15) is 52.3 Å². The minimum atomic E-state index is 0.317. The Balaban J connectivity index is 2.09. The molecule has 1 atom stereocenters. The van der Waals surface area contributed by atoms with Crippen LogP contribution in [0.2, 0.25) is 0 Å². The third-order valence-corrected chi connectivity index (χ3v) is 6.13. The van der Waals surface area contributed by atoms with Crippen LogP contribution in [0.15, 0.2) is 17.5 Å². The molecule has 120 valence electrons. The minimum absolute atomic E-state index is 0.317. The van der Waals surface area contributed by atoms with Crippen LogP contribution < -0.4 is 5.32 Å². The molecule has 0 aliphatic carbocycles. The second kappa shape index (κ2) is 6.80. The van der Waals surface area contributed by atoms with E-state index >= 15 is 0 Å². The van der Waals surface area contributed by atoms with Gasteiger partial charge in [-0.15, -0.1) is 11.3 Å². The highest BCUT2D eigenvalue weighted by Crippen LogP contribution is 2.31. The molecule has 0 spiro atoms. The molecule has 1 aliphatic rings. The molecule has 0 saturated carbocycles. The van der Waals surface area contributed by atoms with Crippen molar-refractivity contribution in [2.45, 2.75) is 65.5 Å². The molecule has 1 unspecified atom stereocenters. The molecule has 0 aromatic carbocycles. The predicted octanol–water partition coefficient (Wildman–Crippen LogP) is 4.17. The Bertz CT molecular complexity index is 415. The quantitative estimate of drug-likeness (QED) is 0.878. The summed E-state index contributed by atoms with van der Waals surface area (Å²) in [6.07, 6.45) is 3.62. The monoisotopic (exact) mass is 308 g/mol. The van der Waals surface area contributed by atoms with Crippen LogP contribution in [0.4, 0.5) is 0 Å². The highest BCUT2D eigenvalue weighted by atomic mass is 32.1. The average Bonchev–Trinajstić information content (AvgIpc) is 2.97. The highest BCUT2D eigenvalue weighted by Gasteiger charge is 2.40. The summed E-state index contributed by atoms with van der Waals surface area (Å²) in [6.45, 7) is 15.3. The van der Waals surface area contributed by atoms with Gasteiger partial charge in [-0.3, -0.25) is 4.90 Å². The average molecular weight is 309 g/mol. The maximum atomic E-state index is 3.87. The number of piperazine rings is 1. The van der Waals surface area contributed by atoms with Gasteiger partial charge in [0.25, 0.3) is 0 Å². The molecule has 1 fully saturated rings. The first kappa shape index (κ1) is 17.0. The highest BCUT2D eigenvalue weighted by molar-refractivity contribution is 7.09. The van der Waals surface area contributed by atoms with E-state index in [0.717, 1.165) is 6.54 Å². The molecule has 1 saturated heterocycles. The van der Waals surface area contributed by atoms with E-state index in [1.54, 1.807) is 0 Å². The fraction of sp³-hybridized carbons (Fsp3) is 0.778. The molecule has 0 amide bonds. The third kappa shape index (κ3) is 4.08. The summed E-state index contributed by atoms with van der Waals surface area (Å²) in [5.74, 6) is 0. The van der Waals surface area contributed by atoms with Crippen molar-refractivity contribution in [1.82, 2.24) is 10.2 Å². The number of hydrogen-bond donors (Lipinski definition) is 1. The van der Waals surface area contributed by atoms with E-state index in [1.165, 1.54) is 37.2 Å². The lowest BCUT2D eigenvalue weighted by atomic mass is 9.80. The number of thiophene rings is 1. The number of nitrogens with zero attached hydrogens (tertiary/aromatic N) is 1. The van der Waals surface area contributed by atoms with E-state index in [9.17, 15) is 0 Å². The van der Waals surface area contributed by atoms with Gasteiger partial charge < -0.3 is 5.32 Å². The van der Waals surface area contributed by atoms with Crippen molar-refractivity contribution < 1.29 is 0 Å². The molecule has 0 radical (unpaired) electrons. The molecule has 2 nitrogen and oxygen atoms in total. The van der Waals surface area contributed by atoms with E-state index in [2.05, 4.69) is 62.3 Å². The normalized spacial score (nSPS) is 23.4. The molecule has 0 bridgehead atoms. The van der Waals surface area contributed by atoms with Crippen molar-refractivity contribution in [3.8, 4) is 0 Å². The largest absolute Gasteiger partial charge is 0.308 e. The summed E-state index contributed by atoms with van der Waals surface area (Å²) in [4.78, 5) is 4.27. The first-order valence-electron chi connectivity index (χ1n) is 8.41. The van der Waals surface area contributed by atoms with Gasteiger partial charge >= 0.3 is 0 Å². The van der Waals surface area contributed by atoms with E-state index < -0.39 is 0 Å². The Labute approximate surface area is 134 Å². The number of nitrogens with one attached hydrogen (secondary N) is 1. The summed E-state index contributed by atoms with van der Waals surface area (Å²) in [7, 11) is 0. The van der Waals surface area contributed by atoms with Gasteiger partial charge in [-0.25, -0.2) is 0 Å². The minimum Gasteiger partial charge on any atom is -0.308 e. The van der Waals surface area contributed by atoms with E-state index in [1.807, 2.05) is 11.3 Å². The Morgan fingerprint density at radius 3 is 2.57 bits per heavy atom. The van der Waals surface area contributed by atoms with Crippen molar-refractivity contribution in [3.05, 3.63) is 22.4 Å². The second-order valence-electron chi connectivity index (χ2n) is 7.55. The van der Waals surface area contributed by atoms with Gasteiger partial charge in [0.15, 0.2) is 0 Å². The molecule has 3 heteroatoms. The van der Waals surface area contributed by atoms with Crippen LogP contribution in [0, 0.1) is 5.41 Å². The number of hydrogen-bond acceptors (Lipinski definition) is 3. The molecule has 2 heterocycles. The van der Waals surface area contributed by atoms with Gasteiger partial charge in [0, 0.05) is 36.1 Å². The van der Waals surface area contributed by atoms with Crippen LogP contribution in [-0.2, 0) is 6.42 Å². The van der Waals surface area contributed by atoms with Gasteiger partial charge in [-0.05, 0) is 36.1 Å². The lowest BCUT2D eigenvalue weighted by Gasteiger charge is -2.51. The Morgan fingerprint density at radius 2 is 2.05 bits per heavy atom. The summed E-state index contributed by atoms with van der Waals surface area (Å²) >= 11 is 1.89. The van der Waals surface area contributed by atoms with Crippen LogP contribution in [0.25, 0.3) is 0 Å².